The fourth-order valence-corrected chi connectivity index (χ4v) is 5.33. The number of hydrogen-bond donors (Lipinski definition) is 2. The van der Waals surface area contributed by atoms with E-state index in [1.165, 1.54) is 42.5 Å². The highest BCUT2D eigenvalue weighted by Crippen LogP contribution is 2.35. The summed E-state index contributed by atoms with van der Waals surface area (Å²) in [6, 6.07) is 12.2. The van der Waals surface area contributed by atoms with Crippen molar-refractivity contribution in [2.24, 2.45) is 0 Å². The lowest BCUT2D eigenvalue weighted by Gasteiger charge is -2.17. The maximum atomic E-state index is 15.3. The molecule has 216 valence electrons. The number of benzene rings is 3. The van der Waals surface area contributed by atoms with Crippen LogP contribution in [-0.2, 0) is 26.0 Å². The van der Waals surface area contributed by atoms with E-state index in [2.05, 4.69) is 5.32 Å². The second-order valence-corrected chi connectivity index (χ2v) is 11.5. The Labute approximate surface area is 251 Å². The summed E-state index contributed by atoms with van der Waals surface area (Å²) in [5, 5.41) is 11.6. The van der Waals surface area contributed by atoms with E-state index in [-0.39, 0.29) is 54.8 Å². The molecule has 3 aromatic rings. The summed E-state index contributed by atoms with van der Waals surface area (Å²) in [5.41, 5.74) is 0.201. The van der Waals surface area contributed by atoms with Gasteiger partial charge in [-0.3, -0.25) is 14.5 Å². The third-order valence-electron chi connectivity index (χ3n) is 5.74. The molecule has 0 aliphatic carbocycles. The zero-order valence-electron chi connectivity index (χ0n) is 21.8. The molecule has 0 fully saturated rings. The van der Waals surface area contributed by atoms with Crippen molar-refractivity contribution in [2.45, 2.75) is 25.2 Å². The number of sulfonamides is 1. The van der Waals surface area contributed by atoms with Crippen LogP contribution in [0.1, 0.15) is 25.0 Å². The summed E-state index contributed by atoms with van der Waals surface area (Å²) >= 11 is 18.3. The van der Waals surface area contributed by atoms with E-state index in [0.717, 1.165) is 6.07 Å². The van der Waals surface area contributed by atoms with Gasteiger partial charge in [-0.2, -0.15) is 5.26 Å². The van der Waals surface area contributed by atoms with Crippen LogP contribution in [0.2, 0.25) is 15.1 Å². The number of hydrogen-bond acceptors (Lipinski definition) is 7. The predicted octanol–water partition coefficient (Wildman–Crippen LogP) is 5.78. The van der Waals surface area contributed by atoms with Crippen LogP contribution in [0.3, 0.4) is 0 Å². The molecule has 3 rings (SSSR count). The summed E-state index contributed by atoms with van der Waals surface area (Å²) in [6.07, 6.45) is -0.448. The first-order chi connectivity index (χ1) is 19.4. The molecule has 0 aliphatic heterocycles. The van der Waals surface area contributed by atoms with E-state index >= 15 is 4.39 Å². The van der Waals surface area contributed by atoms with Crippen molar-refractivity contribution >= 4 is 62.3 Å². The Morgan fingerprint density at radius 3 is 2.34 bits per heavy atom. The molecule has 9 nitrogen and oxygen atoms in total. The standard InChI is InChI=1S/C27H24Cl3FN4O5S/c1-3-35(4-2)15-25(37)34-41(38,39)20-6-8-23(22(30)13-20)33-24(36)11-17-5-7-21(29)27(26(17)31)40-19-10-16(14-32)9-18(28)12-19/h5-10,12-13H,3-4,11,15H2,1-2H3,(H,33,36)(H,34,37). The van der Waals surface area contributed by atoms with Gasteiger partial charge >= 0.3 is 0 Å². The quantitative estimate of drug-likeness (QED) is 0.272. The smallest absolute Gasteiger partial charge is 0.264 e. The van der Waals surface area contributed by atoms with Gasteiger partial charge in [-0.15, -0.1) is 0 Å². The van der Waals surface area contributed by atoms with Gasteiger partial charge in [0.15, 0.2) is 11.6 Å². The van der Waals surface area contributed by atoms with E-state index in [0.29, 0.717) is 13.1 Å². The zero-order chi connectivity index (χ0) is 30.3. The van der Waals surface area contributed by atoms with Crippen LogP contribution in [0.5, 0.6) is 11.5 Å². The minimum Gasteiger partial charge on any atom is -0.453 e. The normalized spacial score (nSPS) is 11.2. The number of nitrogens with one attached hydrogen (secondary N) is 2. The summed E-state index contributed by atoms with van der Waals surface area (Å²) < 4.78 is 48.1. The molecule has 0 heterocycles. The number of nitrogens with zero attached hydrogens (tertiary/aromatic N) is 2. The van der Waals surface area contributed by atoms with Crippen LogP contribution >= 0.6 is 34.8 Å². The van der Waals surface area contributed by atoms with Gasteiger partial charge in [0.1, 0.15) is 5.75 Å². The maximum absolute atomic E-state index is 15.3. The molecule has 0 atom stereocenters. The summed E-state index contributed by atoms with van der Waals surface area (Å²) in [5.74, 6) is -2.56. The number of amides is 2. The van der Waals surface area contributed by atoms with Gasteiger partial charge in [0.25, 0.3) is 10.0 Å². The van der Waals surface area contributed by atoms with E-state index in [9.17, 15) is 18.0 Å². The highest BCUT2D eigenvalue weighted by atomic mass is 35.5. The van der Waals surface area contributed by atoms with Crippen LogP contribution in [0, 0.1) is 17.1 Å². The van der Waals surface area contributed by atoms with E-state index in [4.69, 9.17) is 44.8 Å². The molecule has 0 bridgehead atoms. The first-order valence-corrected chi connectivity index (χ1v) is 14.7. The molecule has 0 unspecified atom stereocenters. The second-order valence-electron chi connectivity index (χ2n) is 8.60. The Morgan fingerprint density at radius 1 is 1.00 bits per heavy atom. The minimum atomic E-state index is -4.21. The third-order valence-corrected chi connectivity index (χ3v) is 7.93. The van der Waals surface area contributed by atoms with Crippen LogP contribution in [-0.4, -0.2) is 44.8 Å². The van der Waals surface area contributed by atoms with Crippen molar-refractivity contribution in [3.63, 3.8) is 0 Å². The van der Waals surface area contributed by atoms with Gasteiger partial charge in [0.05, 0.1) is 45.2 Å². The van der Waals surface area contributed by atoms with Crippen molar-refractivity contribution in [1.82, 2.24) is 9.62 Å². The first-order valence-electron chi connectivity index (χ1n) is 12.1. The lowest BCUT2D eigenvalue weighted by molar-refractivity contribution is -0.120. The van der Waals surface area contributed by atoms with Gasteiger partial charge in [-0.05, 0) is 55.6 Å². The zero-order valence-corrected chi connectivity index (χ0v) is 24.9. The largest absolute Gasteiger partial charge is 0.453 e. The van der Waals surface area contributed by atoms with Crippen LogP contribution in [0.25, 0.3) is 0 Å². The minimum absolute atomic E-state index is 0.0596. The molecule has 0 radical (unpaired) electrons. The highest BCUT2D eigenvalue weighted by Gasteiger charge is 2.22. The molecular weight excluding hydrogens is 618 g/mol. The molecule has 0 aromatic heterocycles. The summed E-state index contributed by atoms with van der Waals surface area (Å²) in [4.78, 5) is 26.3. The average molecular weight is 642 g/mol. The third kappa shape index (κ3) is 8.55. The Kier molecular flexibility index (Phi) is 11.0. The number of carbonyl (C=O) groups is 2. The molecule has 3 aromatic carbocycles. The van der Waals surface area contributed by atoms with E-state index in [1.807, 2.05) is 24.6 Å². The van der Waals surface area contributed by atoms with Crippen molar-refractivity contribution in [3.05, 3.63) is 80.5 Å². The van der Waals surface area contributed by atoms with E-state index < -0.39 is 34.1 Å². The molecule has 0 spiro atoms. The molecular formula is C27H24Cl3FN4O5S. The van der Waals surface area contributed by atoms with Crippen molar-refractivity contribution in [1.29, 1.82) is 5.26 Å². The average Bonchev–Trinajstić information content (AvgIpc) is 2.91. The summed E-state index contributed by atoms with van der Waals surface area (Å²) in [6.45, 7) is 4.74. The monoisotopic (exact) mass is 640 g/mol. The number of rotatable bonds is 11. The van der Waals surface area contributed by atoms with Crippen molar-refractivity contribution in [2.75, 3.05) is 25.0 Å². The molecule has 2 N–H and O–H groups in total. The number of ether oxygens (including phenoxy) is 1. The molecule has 0 saturated heterocycles. The van der Waals surface area contributed by atoms with Gasteiger partial charge in [-0.1, -0.05) is 54.7 Å². The first kappa shape index (κ1) is 32.1. The van der Waals surface area contributed by atoms with Crippen LogP contribution in [0.4, 0.5) is 10.1 Å². The number of likely N-dealkylation sites (N-methyl/N-ethyl adjacent to an activating group) is 1. The van der Waals surface area contributed by atoms with Crippen LogP contribution < -0.4 is 14.8 Å². The highest BCUT2D eigenvalue weighted by molar-refractivity contribution is 7.90. The number of nitriles is 1. The molecule has 2 amide bonds. The van der Waals surface area contributed by atoms with Gasteiger partial charge in [0, 0.05) is 10.6 Å². The maximum Gasteiger partial charge on any atom is 0.264 e. The van der Waals surface area contributed by atoms with Crippen molar-refractivity contribution < 1.29 is 27.1 Å². The Morgan fingerprint density at radius 2 is 1.71 bits per heavy atom. The lowest BCUT2D eigenvalue weighted by Crippen LogP contribution is -2.39. The van der Waals surface area contributed by atoms with E-state index in [1.54, 1.807) is 4.90 Å². The van der Waals surface area contributed by atoms with Crippen molar-refractivity contribution in [3.8, 4) is 17.6 Å². The molecule has 14 heteroatoms. The molecule has 41 heavy (non-hydrogen) atoms. The molecule has 0 saturated carbocycles. The topological polar surface area (TPSA) is 129 Å². The second kappa shape index (κ2) is 14.0. The van der Waals surface area contributed by atoms with Gasteiger partial charge in [-0.25, -0.2) is 17.5 Å². The Hall–Kier alpha value is -3.40. The molecule has 0 aliphatic rings. The van der Waals surface area contributed by atoms with Gasteiger partial charge in [0.2, 0.25) is 11.8 Å². The van der Waals surface area contributed by atoms with Gasteiger partial charge < -0.3 is 10.1 Å². The Bertz CT molecular complexity index is 1630. The fraction of sp³-hybridized carbons (Fsp3) is 0.222. The predicted molar refractivity (Wildman–Crippen MR) is 155 cm³/mol. The number of halogens is 4. The summed E-state index contributed by atoms with van der Waals surface area (Å²) in [7, 11) is -4.21. The number of carbonyl (C=O) groups excluding carboxylic acids is 2. The Balaban J connectivity index is 1.73. The fourth-order valence-electron chi connectivity index (χ4n) is 3.63. The number of anilines is 1. The van der Waals surface area contributed by atoms with Crippen LogP contribution in [0.15, 0.2) is 53.4 Å². The SMILES string of the molecule is CCN(CC)CC(=O)NS(=O)(=O)c1ccc(NC(=O)Cc2ccc(Cl)c(Oc3cc(Cl)cc(C#N)c3)c2F)c(Cl)c1. The lowest BCUT2D eigenvalue weighted by atomic mass is 10.1.